The monoisotopic (exact) mass is 233 g/mol. The summed E-state index contributed by atoms with van der Waals surface area (Å²) in [5.41, 5.74) is 4.48. The molecular formula is C16H27N. The minimum Gasteiger partial charge on any atom is -0.310 e. The molecule has 0 heterocycles. The molecule has 1 rings (SSSR count). The summed E-state index contributed by atoms with van der Waals surface area (Å²) in [4.78, 5) is 0. The highest BCUT2D eigenvalue weighted by molar-refractivity contribution is 5.30. The SMILES string of the molecule is CCC(C)(C)CNC(C)c1cc(C)cc(C)c1. The van der Waals surface area contributed by atoms with Gasteiger partial charge in [-0.25, -0.2) is 0 Å². The number of benzene rings is 1. The number of hydrogen-bond donors (Lipinski definition) is 1. The van der Waals surface area contributed by atoms with Crippen LogP contribution in [0.15, 0.2) is 18.2 Å². The lowest BCUT2D eigenvalue weighted by molar-refractivity contribution is 0.314. The van der Waals surface area contributed by atoms with Gasteiger partial charge in [-0.1, -0.05) is 50.1 Å². The van der Waals surface area contributed by atoms with Crippen LogP contribution in [0.1, 0.15) is 56.8 Å². The molecule has 1 N–H and O–H groups in total. The van der Waals surface area contributed by atoms with Crippen LogP contribution in [0.25, 0.3) is 0 Å². The van der Waals surface area contributed by atoms with Gasteiger partial charge >= 0.3 is 0 Å². The average molecular weight is 233 g/mol. The third-order valence-corrected chi connectivity index (χ3v) is 3.59. The molecule has 1 aromatic carbocycles. The van der Waals surface area contributed by atoms with Crippen molar-refractivity contribution in [3.05, 3.63) is 34.9 Å². The Morgan fingerprint density at radius 3 is 2.12 bits per heavy atom. The Labute approximate surface area is 107 Å². The zero-order valence-electron chi connectivity index (χ0n) is 12.2. The smallest absolute Gasteiger partial charge is 0.0292 e. The van der Waals surface area contributed by atoms with Gasteiger partial charge in [-0.2, -0.15) is 0 Å². The van der Waals surface area contributed by atoms with E-state index in [4.69, 9.17) is 0 Å². The van der Waals surface area contributed by atoms with Gasteiger partial charge in [0.25, 0.3) is 0 Å². The fraction of sp³-hybridized carbons (Fsp3) is 0.625. The fourth-order valence-electron chi connectivity index (χ4n) is 1.93. The van der Waals surface area contributed by atoms with Gasteiger partial charge in [0.1, 0.15) is 0 Å². The molecule has 0 aliphatic carbocycles. The summed E-state index contributed by atoms with van der Waals surface area (Å²) in [6, 6.07) is 7.22. The second kappa shape index (κ2) is 5.68. The number of aryl methyl sites for hydroxylation is 2. The Balaban J connectivity index is 2.67. The Hall–Kier alpha value is -0.820. The second-order valence-electron chi connectivity index (χ2n) is 6.04. The summed E-state index contributed by atoms with van der Waals surface area (Å²) in [6.45, 7) is 14.5. The quantitative estimate of drug-likeness (QED) is 0.795. The third-order valence-electron chi connectivity index (χ3n) is 3.59. The van der Waals surface area contributed by atoms with Gasteiger partial charge in [-0.3, -0.25) is 0 Å². The first-order valence-corrected chi connectivity index (χ1v) is 6.65. The molecule has 0 amide bonds. The van der Waals surface area contributed by atoms with Crippen molar-refractivity contribution in [1.82, 2.24) is 5.32 Å². The molecule has 1 aromatic rings. The molecule has 0 saturated carbocycles. The number of hydrogen-bond acceptors (Lipinski definition) is 1. The molecule has 0 fully saturated rings. The summed E-state index contributed by atoms with van der Waals surface area (Å²) in [5.74, 6) is 0. The van der Waals surface area contributed by atoms with E-state index in [1.54, 1.807) is 0 Å². The minimum absolute atomic E-state index is 0.382. The van der Waals surface area contributed by atoms with Gasteiger partial charge < -0.3 is 5.32 Å². The molecule has 1 atom stereocenters. The van der Waals surface area contributed by atoms with Crippen LogP contribution >= 0.6 is 0 Å². The molecule has 0 aliphatic rings. The van der Waals surface area contributed by atoms with E-state index in [1.807, 2.05) is 0 Å². The summed E-state index contributed by atoms with van der Waals surface area (Å²) >= 11 is 0. The minimum atomic E-state index is 0.382. The van der Waals surface area contributed by atoms with E-state index in [1.165, 1.54) is 23.1 Å². The van der Waals surface area contributed by atoms with Crippen molar-refractivity contribution in [2.45, 2.75) is 54.0 Å². The van der Waals surface area contributed by atoms with Crippen LogP contribution in [-0.2, 0) is 0 Å². The highest BCUT2D eigenvalue weighted by atomic mass is 14.9. The average Bonchev–Trinajstić information content (AvgIpc) is 2.24. The van der Waals surface area contributed by atoms with Crippen LogP contribution in [0.5, 0.6) is 0 Å². The first kappa shape index (κ1) is 14.2. The van der Waals surface area contributed by atoms with Crippen molar-refractivity contribution in [2.75, 3.05) is 6.54 Å². The van der Waals surface area contributed by atoms with Gasteiger partial charge in [0, 0.05) is 12.6 Å². The molecule has 0 radical (unpaired) electrons. The first-order valence-electron chi connectivity index (χ1n) is 6.65. The molecule has 1 unspecified atom stereocenters. The molecular weight excluding hydrogens is 206 g/mol. The maximum absolute atomic E-state index is 3.64. The van der Waals surface area contributed by atoms with Crippen LogP contribution in [-0.4, -0.2) is 6.54 Å². The summed E-state index contributed by atoms with van der Waals surface area (Å²) in [6.07, 6.45) is 1.21. The molecule has 17 heavy (non-hydrogen) atoms. The topological polar surface area (TPSA) is 12.0 Å². The molecule has 0 aromatic heterocycles. The van der Waals surface area contributed by atoms with E-state index in [9.17, 15) is 0 Å². The number of rotatable bonds is 5. The van der Waals surface area contributed by atoms with Crippen LogP contribution in [0.3, 0.4) is 0 Å². The van der Waals surface area contributed by atoms with Gasteiger partial charge in [-0.15, -0.1) is 0 Å². The van der Waals surface area contributed by atoms with Crippen LogP contribution < -0.4 is 5.32 Å². The maximum atomic E-state index is 3.64. The molecule has 0 aliphatic heterocycles. The normalized spacial score (nSPS) is 13.8. The van der Waals surface area contributed by atoms with Gasteiger partial charge in [-0.05, 0) is 38.2 Å². The molecule has 96 valence electrons. The molecule has 1 nitrogen and oxygen atoms in total. The van der Waals surface area contributed by atoms with E-state index in [2.05, 4.69) is 65.1 Å². The Kier molecular flexibility index (Phi) is 4.76. The Bertz CT molecular complexity index is 346. The van der Waals surface area contributed by atoms with Crippen LogP contribution in [0.2, 0.25) is 0 Å². The lowest BCUT2D eigenvalue weighted by Gasteiger charge is -2.26. The highest BCUT2D eigenvalue weighted by Gasteiger charge is 2.16. The molecule has 0 saturated heterocycles. The standard InChI is InChI=1S/C16H27N/c1-7-16(5,6)11-17-14(4)15-9-12(2)8-13(3)10-15/h8-10,14,17H,7,11H2,1-6H3. The van der Waals surface area contributed by atoms with Crippen molar-refractivity contribution < 1.29 is 0 Å². The van der Waals surface area contributed by atoms with Gasteiger partial charge in [0.05, 0.1) is 0 Å². The third kappa shape index (κ3) is 4.51. The first-order chi connectivity index (χ1) is 7.84. The van der Waals surface area contributed by atoms with Crippen molar-refractivity contribution in [1.29, 1.82) is 0 Å². The fourth-order valence-corrected chi connectivity index (χ4v) is 1.93. The number of nitrogens with one attached hydrogen (secondary N) is 1. The van der Waals surface area contributed by atoms with Crippen molar-refractivity contribution in [3.8, 4) is 0 Å². The van der Waals surface area contributed by atoms with Gasteiger partial charge in [0.2, 0.25) is 0 Å². The van der Waals surface area contributed by atoms with E-state index in [-0.39, 0.29) is 0 Å². The largest absolute Gasteiger partial charge is 0.310 e. The highest BCUT2D eigenvalue weighted by Crippen LogP contribution is 2.21. The molecule has 1 heteroatoms. The molecule has 0 bridgehead atoms. The predicted octanol–water partition coefficient (Wildman–Crippen LogP) is 4.39. The lowest BCUT2D eigenvalue weighted by atomic mass is 9.90. The Morgan fingerprint density at radius 2 is 1.65 bits per heavy atom. The summed E-state index contributed by atoms with van der Waals surface area (Å²) < 4.78 is 0. The van der Waals surface area contributed by atoms with Crippen molar-refractivity contribution in [3.63, 3.8) is 0 Å². The summed E-state index contributed by atoms with van der Waals surface area (Å²) in [5, 5.41) is 3.64. The Morgan fingerprint density at radius 1 is 1.12 bits per heavy atom. The van der Waals surface area contributed by atoms with Crippen molar-refractivity contribution in [2.24, 2.45) is 5.41 Å². The van der Waals surface area contributed by atoms with E-state index in [0.717, 1.165) is 6.54 Å². The zero-order chi connectivity index (χ0) is 13.1. The second-order valence-corrected chi connectivity index (χ2v) is 6.04. The van der Waals surface area contributed by atoms with E-state index in [0.29, 0.717) is 11.5 Å². The van der Waals surface area contributed by atoms with Crippen LogP contribution in [0.4, 0.5) is 0 Å². The maximum Gasteiger partial charge on any atom is 0.0292 e. The van der Waals surface area contributed by atoms with E-state index >= 15 is 0 Å². The lowest BCUT2D eigenvalue weighted by Crippen LogP contribution is -2.30. The van der Waals surface area contributed by atoms with Crippen molar-refractivity contribution >= 4 is 0 Å². The molecule has 0 spiro atoms. The van der Waals surface area contributed by atoms with Gasteiger partial charge in [0.15, 0.2) is 0 Å². The summed E-state index contributed by atoms with van der Waals surface area (Å²) in [7, 11) is 0. The predicted molar refractivity (Wildman–Crippen MR) is 76.4 cm³/mol. The zero-order valence-corrected chi connectivity index (χ0v) is 12.2. The van der Waals surface area contributed by atoms with Crippen LogP contribution in [0, 0.1) is 19.3 Å². The van der Waals surface area contributed by atoms with E-state index < -0.39 is 0 Å².